The van der Waals surface area contributed by atoms with Crippen molar-refractivity contribution < 1.29 is 19.5 Å². The third-order valence-electron chi connectivity index (χ3n) is 5.35. The number of fused-ring (bicyclic) bond motifs is 1. The molecule has 1 aromatic heterocycles. The van der Waals surface area contributed by atoms with Gasteiger partial charge in [-0.3, -0.25) is 14.5 Å². The van der Waals surface area contributed by atoms with Crippen LogP contribution in [-0.4, -0.2) is 60.9 Å². The van der Waals surface area contributed by atoms with Crippen molar-refractivity contribution in [2.45, 2.75) is 41.9 Å². The summed E-state index contributed by atoms with van der Waals surface area (Å²) in [5.41, 5.74) is 1.59. The van der Waals surface area contributed by atoms with E-state index in [0.717, 1.165) is 14.9 Å². The van der Waals surface area contributed by atoms with Gasteiger partial charge in [0.1, 0.15) is 22.1 Å². The molecule has 0 spiro atoms. The molecule has 168 valence electrons. The van der Waals surface area contributed by atoms with Crippen molar-refractivity contribution in [2.24, 2.45) is 0 Å². The van der Waals surface area contributed by atoms with Crippen LogP contribution in [0.2, 0.25) is 0 Å². The summed E-state index contributed by atoms with van der Waals surface area (Å²) in [6, 6.07) is 8.72. The number of aromatic nitrogens is 2. The Morgan fingerprint density at radius 3 is 2.69 bits per heavy atom. The van der Waals surface area contributed by atoms with Gasteiger partial charge in [-0.25, -0.2) is 4.79 Å². The fourth-order valence-corrected chi connectivity index (χ4v) is 7.09. The normalized spacial score (nSPS) is 21.1. The van der Waals surface area contributed by atoms with E-state index in [-0.39, 0.29) is 23.4 Å². The van der Waals surface area contributed by atoms with E-state index >= 15 is 0 Å². The minimum atomic E-state index is -1.13. The van der Waals surface area contributed by atoms with Crippen molar-refractivity contribution in [2.75, 3.05) is 11.5 Å². The number of aliphatic carboxylic acids is 1. The molecule has 0 unspecified atom stereocenters. The number of carboxylic acids is 1. The summed E-state index contributed by atoms with van der Waals surface area (Å²) in [6.07, 6.45) is 0.602. The second-order valence-corrected chi connectivity index (χ2v) is 10.9. The molecule has 2 aliphatic heterocycles. The van der Waals surface area contributed by atoms with Crippen LogP contribution in [-0.2, 0) is 14.4 Å². The molecule has 1 fully saturated rings. The molecule has 1 aromatic carbocycles. The lowest BCUT2D eigenvalue weighted by atomic mass is 9.94. The number of β-lactam (4-membered cyclic amide) rings is 1. The number of carboxylic acid groups (broad SMARTS) is 1. The molecule has 0 saturated carbocycles. The standard InChI is InChI=1S/C21H22N4O4S3/c1-3-14(12-7-5-4-6-8-12)17(26)22-15-18(27)25-16(20(28)29)13(9-30-19(15)25)10-31-21-24-23-11(2)32-21/h4-8,14-15,19H,3,9-10H2,1-2H3,(H,22,26)(H,28,29)/t14-,15-,19-/m1/s1. The Balaban J connectivity index is 1.47. The van der Waals surface area contributed by atoms with Crippen LogP contribution in [0.1, 0.15) is 29.8 Å². The van der Waals surface area contributed by atoms with Crippen molar-refractivity contribution in [3.63, 3.8) is 0 Å². The van der Waals surface area contributed by atoms with Crippen molar-refractivity contribution >= 4 is 52.6 Å². The van der Waals surface area contributed by atoms with Crippen LogP contribution in [0.5, 0.6) is 0 Å². The van der Waals surface area contributed by atoms with E-state index in [1.54, 1.807) is 0 Å². The topological polar surface area (TPSA) is 112 Å². The maximum atomic E-state index is 12.9. The van der Waals surface area contributed by atoms with Gasteiger partial charge in [0.25, 0.3) is 5.91 Å². The van der Waals surface area contributed by atoms with Crippen LogP contribution in [0, 0.1) is 6.92 Å². The summed E-state index contributed by atoms with van der Waals surface area (Å²) in [5, 5.41) is 21.1. The second-order valence-electron chi connectivity index (χ2n) is 7.40. The summed E-state index contributed by atoms with van der Waals surface area (Å²) < 4.78 is 0.762. The van der Waals surface area contributed by atoms with Crippen LogP contribution in [0.3, 0.4) is 0 Å². The lowest BCUT2D eigenvalue weighted by molar-refractivity contribution is -0.150. The number of aryl methyl sites for hydroxylation is 1. The first-order chi connectivity index (χ1) is 15.4. The Morgan fingerprint density at radius 1 is 1.31 bits per heavy atom. The number of hydrogen-bond donors (Lipinski definition) is 2. The van der Waals surface area contributed by atoms with Gasteiger partial charge < -0.3 is 10.4 Å². The lowest BCUT2D eigenvalue weighted by Gasteiger charge is -2.49. The first-order valence-corrected chi connectivity index (χ1v) is 12.9. The van der Waals surface area contributed by atoms with Gasteiger partial charge in [0.15, 0.2) is 4.34 Å². The zero-order valence-electron chi connectivity index (χ0n) is 17.5. The summed E-state index contributed by atoms with van der Waals surface area (Å²) in [6.45, 7) is 3.79. The van der Waals surface area contributed by atoms with Gasteiger partial charge in [-0.15, -0.1) is 22.0 Å². The van der Waals surface area contributed by atoms with Crippen LogP contribution in [0.4, 0.5) is 0 Å². The highest BCUT2D eigenvalue weighted by molar-refractivity contribution is 8.01. The molecular formula is C21H22N4O4S3. The Labute approximate surface area is 197 Å². The number of rotatable bonds is 8. The molecule has 2 amide bonds. The largest absolute Gasteiger partial charge is 0.477 e. The number of nitrogens with one attached hydrogen (secondary N) is 1. The van der Waals surface area contributed by atoms with Crippen LogP contribution < -0.4 is 5.32 Å². The zero-order valence-corrected chi connectivity index (χ0v) is 19.9. The number of amides is 2. The first-order valence-electron chi connectivity index (χ1n) is 10.1. The molecule has 3 heterocycles. The van der Waals surface area contributed by atoms with Crippen molar-refractivity contribution in [3.05, 3.63) is 52.2 Å². The smallest absolute Gasteiger partial charge is 0.352 e. The minimum absolute atomic E-state index is 0.0214. The Morgan fingerprint density at radius 2 is 2.06 bits per heavy atom. The van der Waals surface area contributed by atoms with E-state index in [0.29, 0.717) is 23.5 Å². The molecule has 0 aliphatic carbocycles. The van der Waals surface area contributed by atoms with E-state index < -0.39 is 17.4 Å². The number of thioether (sulfide) groups is 2. The Kier molecular flexibility index (Phi) is 6.87. The Bertz CT molecular complexity index is 1070. The van der Waals surface area contributed by atoms with Gasteiger partial charge in [0.05, 0.1) is 5.92 Å². The SMILES string of the molecule is CC[C@@H](C(=O)N[C@@H]1C(=O)N2C(C(=O)O)=C(CSc3nnc(C)s3)CS[C@H]12)c1ccccc1. The number of carbonyl (C=O) groups is 3. The highest BCUT2D eigenvalue weighted by Gasteiger charge is 2.54. The molecule has 0 radical (unpaired) electrons. The van der Waals surface area contributed by atoms with E-state index in [2.05, 4.69) is 15.5 Å². The third-order valence-corrected chi connectivity index (χ3v) is 8.75. The minimum Gasteiger partial charge on any atom is -0.477 e. The summed E-state index contributed by atoms with van der Waals surface area (Å²) in [5.74, 6) is -1.20. The maximum Gasteiger partial charge on any atom is 0.352 e. The molecule has 2 aliphatic rings. The molecule has 4 rings (SSSR count). The molecular weight excluding hydrogens is 468 g/mol. The van der Waals surface area contributed by atoms with Crippen molar-refractivity contribution in [3.8, 4) is 0 Å². The molecule has 11 heteroatoms. The summed E-state index contributed by atoms with van der Waals surface area (Å²) in [4.78, 5) is 39.1. The summed E-state index contributed by atoms with van der Waals surface area (Å²) >= 11 is 4.34. The van der Waals surface area contributed by atoms with Crippen molar-refractivity contribution in [1.82, 2.24) is 20.4 Å². The van der Waals surface area contributed by atoms with Gasteiger partial charge in [-0.1, -0.05) is 60.4 Å². The van der Waals surface area contributed by atoms with E-state index in [1.807, 2.05) is 44.2 Å². The molecule has 32 heavy (non-hydrogen) atoms. The fraction of sp³-hybridized carbons (Fsp3) is 0.381. The predicted octanol–water partition coefficient (Wildman–Crippen LogP) is 2.87. The van der Waals surface area contributed by atoms with E-state index in [4.69, 9.17) is 0 Å². The van der Waals surface area contributed by atoms with Crippen LogP contribution in [0.25, 0.3) is 0 Å². The fourth-order valence-electron chi connectivity index (χ4n) is 3.79. The number of nitrogens with zero attached hydrogens (tertiary/aromatic N) is 3. The van der Waals surface area contributed by atoms with Gasteiger partial charge >= 0.3 is 5.97 Å². The van der Waals surface area contributed by atoms with Gasteiger partial charge in [0.2, 0.25) is 5.91 Å². The van der Waals surface area contributed by atoms with Gasteiger partial charge in [-0.2, -0.15) is 0 Å². The number of benzene rings is 1. The molecule has 1 saturated heterocycles. The van der Waals surface area contributed by atoms with Crippen molar-refractivity contribution in [1.29, 1.82) is 0 Å². The molecule has 3 atom stereocenters. The number of carbonyl (C=O) groups excluding carboxylic acids is 2. The lowest BCUT2D eigenvalue weighted by Crippen LogP contribution is -2.70. The second kappa shape index (κ2) is 9.63. The van der Waals surface area contributed by atoms with Gasteiger partial charge in [0, 0.05) is 11.5 Å². The predicted molar refractivity (Wildman–Crippen MR) is 125 cm³/mol. The zero-order chi connectivity index (χ0) is 22.8. The average molecular weight is 491 g/mol. The van der Waals surface area contributed by atoms with Crippen LogP contribution >= 0.6 is 34.9 Å². The monoisotopic (exact) mass is 490 g/mol. The average Bonchev–Trinajstić information content (AvgIpc) is 3.21. The number of hydrogen-bond acceptors (Lipinski definition) is 8. The van der Waals surface area contributed by atoms with E-state index in [9.17, 15) is 19.5 Å². The molecule has 2 N–H and O–H groups in total. The summed E-state index contributed by atoms with van der Waals surface area (Å²) in [7, 11) is 0. The quantitative estimate of drug-likeness (QED) is 0.429. The molecule has 8 nitrogen and oxygen atoms in total. The molecule has 2 aromatic rings. The third kappa shape index (κ3) is 4.41. The highest BCUT2D eigenvalue weighted by Crippen LogP contribution is 2.42. The molecule has 0 bridgehead atoms. The van der Waals surface area contributed by atoms with E-state index in [1.165, 1.54) is 39.8 Å². The maximum absolute atomic E-state index is 12.9. The van der Waals surface area contributed by atoms with Crippen LogP contribution in [0.15, 0.2) is 45.9 Å². The van der Waals surface area contributed by atoms with Gasteiger partial charge in [-0.05, 0) is 24.5 Å². The highest BCUT2D eigenvalue weighted by atomic mass is 32.2. The Hall–Kier alpha value is -2.37. The first kappa shape index (κ1) is 22.8.